The van der Waals surface area contributed by atoms with E-state index >= 15 is 0 Å². The SMILES string of the molecule is O=C(c1cc2n(n1)[C@H](C(F)(F)F)C[C@H](c1ccc(Cl)c(Cl)c1)N2)N1CCCCC1. The minimum atomic E-state index is -4.51. The molecule has 0 bridgehead atoms. The molecule has 0 aliphatic carbocycles. The second kappa shape index (κ2) is 7.72. The van der Waals surface area contributed by atoms with Gasteiger partial charge in [0, 0.05) is 25.6 Å². The summed E-state index contributed by atoms with van der Waals surface area (Å²) in [6, 6.07) is 3.67. The summed E-state index contributed by atoms with van der Waals surface area (Å²) in [5, 5.41) is 7.70. The average Bonchev–Trinajstić information content (AvgIpc) is 3.12. The van der Waals surface area contributed by atoms with E-state index in [0.29, 0.717) is 23.7 Å². The molecule has 0 spiro atoms. The van der Waals surface area contributed by atoms with Crippen LogP contribution in [-0.4, -0.2) is 39.9 Å². The number of benzene rings is 1. The minimum Gasteiger partial charge on any atom is -0.363 e. The number of alkyl halides is 3. The number of halogens is 5. The topological polar surface area (TPSA) is 50.2 Å². The Morgan fingerprint density at radius 1 is 1.10 bits per heavy atom. The number of hydrogen-bond acceptors (Lipinski definition) is 3. The molecular formula is C19H19Cl2F3N4O. The van der Waals surface area contributed by atoms with Crippen LogP contribution < -0.4 is 5.32 Å². The van der Waals surface area contributed by atoms with E-state index in [1.807, 2.05) is 0 Å². The smallest absolute Gasteiger partial charge is 0.363 e. The Balaban J connectivity index is 1.67. The molecule has 10 heteroatoms. The van der Waals surface area contributed by atoms with Crippen molar-refractivity contribution in [2.45, 2.75) is 43.9 Å². The molecule has 156 valence electrons. The van der Waals surface area contributed by atoms with Crippen molar-refractivity contribution in [1.29, 1.82) is 0 Å². The Labute approximate surface area is 175 Å². The third-order valence-corrected chi connectivity index (χ3v) is 6.14. The first-order chi connectivity index (χ1) is 13.7. The number of piperidine rings is 1. The van der Waals surface area contributed by atoms with Gasteiger partial charge in [-0.05, 0) is 37.0 Å². The van der Waals surface area contributed by atoms with Crippen LogP contribution in [0.4, 0.5) is 19.0 Å². The molecule has 0 unspecified atom stereocenters. The number of rotatable bonds is 2. The van der Waals surface area contributed by atoms with Gasteiger partial charge in [-0.1, -0.05) is 29.3 Å². The van der Waals surface area contributed by atoms with Crippen molar-refractivity contribution in [3.8, 4) is 0 Å². The summed E-state index contributed by atoms with van der Waals surface area (Å²) in [6.45, 7) is 1.20. The highest BCUT2D eigenvalue weighted by Crippen LogP contribution is 2.44. The van der Waals surface area contributed by atoms with Gasteiger partial charge in [0.1, 0.15) is 5.82 Å². The van der Waals surface area contributed by atoms with Gasteiger partial charge in [-0.15, -0.1) is 0 Å². The monoisotopic (exact) mass is 446 g/mol. The quantitative estimate of drug-likeness (QED) is 0.664. The second-order valence-electron chi connectivity index (χ2n) is 7.38. The highest BCUT2D eigenvalue weighted by Gasteiger charge is 2.47. The molecule has 0 radical (unpaired) electrons. The fourth-order valence-corrected chi connectivity index (χ4v) is 4.19. The number of hydrogen-bond donors (Lipinski definition) is 1. The molecule has 2 aromatic rings. The van der Waals surface area contributed by atoms with Crippen LogP contribution in [0.15, 0.2) is 24.3 Å². The number of amides is 1. The fraction of sp³-hybridized carbons (Fsp3) is 0.474. The second-order valence-corrected chi connectivity index (χ2v) is 8.19. The summed E-state index contributed by atoms with van der Waals surface area (Å²) >= 11 is 12.0. The maximum Gasteiger partial charge on any atom is 0.410 e. The van der Waals surface area contributed by atoms with Crippen LogP contribution in [0.2, 0.25) is 10.0 Å². The lowest BCUT2D eigenvalue weighted by Gasteiger charge is -2.33. The Bertz CT molecular complexity index is 925. The van der Waals surface area contributed by atoms with Gasteiger partial charge in [-0.25, -0.2) is 4.68 Å². The molecule has 5 nitrogen and oxygen atoms in total. The van der Waals surface area contributed by atoms with Gasteiger partial charge < -0.3 is 10.2 Å². The first-order valence-electron chi connectivity index (χ1n) is 9.41. The summed E-state index contributed by atoms with van der Waals surface area (Å²) in [5.41, 5.74) is 0.614. The van der Waals surface area contributed by atoms with Crippen molar-refractivity contribution in [2.75, 3.05) is 18.4 Å². The van der Waals surface area contributed by atoms with E-state index in [1.165, 1.54) is 6.07 Å². The summed E-state index contributed by atoms with van der Waals surface area (Å²) in [6.07, 6.45) is -1.95. The van der Waals surface area contributed by atoms with Crippen molar-refractivity contribution >= 4 is 34.9 Å². The third kappa shape index (κ3) is 4.05. The number of anilines is 1. The van der Waals surface area contributed by atoms with Crippen molar-refractivity contribution < 1.29 is 18.0 Å². The van der Waals surface area contributed by atoms with Crippen LogP contribution in [0.25, 0.3) is 0 Å². The van der Waals surface area contributed by atoms with E-state index in [4.69, 9.17) is 23.2 Å². The predicted molar refractivity (Wildman–Crippen MR) is 105 cm³/mol. The van der Waals surface area contributed by atoms with Crippen LogP contribution in [0.3, 0.4) is 0 Å². The van der Waals surface area contributed by atoms with Crippen LogP contribution in [0, 0.1) is 0 Å². The van der Waals surface area contributed by atoms with Gasteiger partial charge >= 0.3 is 6.18 Å². The molecule has 3 heterocycles. The number of nitrogens with one attached hydrogen (secondary N) is 1. The molecule has 1 N–H and O–H groups in total. The molecule has 1 aromatic heterocycles. The third-order valence-electron chi connectivity index (χ3n) is 5.40. The number of aromatic nitrogens is 2. The molecule has 0 saturated carbocycles. The molecule has 2 aliphatic rings. The lowest BCUT2D eigenvalue weighted by molar-refractivity contribution is -0.173. The Hall–Kier alpha value is -1.93. The van der Waals surface area contributed by atoms with E-state index in [-0.39, 0.29) is 28.9 Å². The Kier molecular flexibility index (Phi) is 5.42. The van der Waals surface area contributed by atoms with Crippen molar-refractivity contribution in [3.63, 3.8) is 0 Å². The minimum absolute atomic E-state index is 0.0263. The molecule has 1 amide bonds. The Morgan fingerprint density at radius 3 is 2.48 bits per heavy atom. The van der Waals surface area contributed by atoms with Crippen LogP contribution in [0.5, 0.6) is 0 Å². The van der Waals surface area contributed by atoms with Gasteiger partial charge in [0.05, 0.1) is 16.1 Å². The molecule has 4 rings (SSSR count). The zero-order valence-corrected chi connectivity index (χ0v) is 16.9. The first kappa shape index (κ1) is 20.3. The molecule has 2 aliphatic heterocycles. The van der Waals surface area contributed by atoms with Crippen molar-refractivity contribution in [1.82, 2.24) is 14.7 Å². The van der Waals surface area contributed by atoms with Gasteiger partial charge in [-0.3, -0.25) is 4.79 Å². The summed E-state index contributed by atoms with van der Waals surface area (Å²) in [5.74, 6) is -0.171. The lowest BCUT2D eigenvalue weighted by atomic mass is 9.97. The van der Waals surface area contributed by atoms with Gasteiger partial charge in [0.2, 0.25) is 0 Å². The molecule has 1 saturated heterocycles. The summed E-state index contributed by atoms with van der Waals surface area (Å²) < 4.78 is 42.2. The molecule has 29 heavy (non-hydrogen) atoms. The summed E-state index contributed by atoms with van der Waals surface area (Å²) in [7, 11) is 0. The Morgan fingerprint density at radius 2 is 1.83 bits per heavy atom. The number of nitrogens with zero attached hydrogens (tertiary/aromatic N) is 3. The molecule has 2 atom stereocenters. The normalized spacial score (nSPS) is 22.2. The first-order valence-corrected chi connectivity index (χ1v) is 10.2. The van der Waals surface area contributed by atoms with Gasteiger partial charge in [0.15, 0.2) is 11.7 Å². The predicted octanol–water partition coefficient (Wildman–Crippen LogP) is 5.48. The van der Waals surface area contributed by atoms with E-state index in [0.717, 1.165) is 23.9 Å². The highest BCUT2D eigenvalue weighted by molar-refractivity contribution is 6.42. The summed E-state index contributed by atoms with van der Waals surface area (Å²) in [4.78, 5) is 14.4. The van der Waals surface area contributed by atoms with Gasteiger partial charge in [-0.2, -0.15) is 18.3 Å². The van der Waals surface area contributed by atoms with Crippen molar-refractivity contribution in [3.05, 3.63) is 45.6 Å². The maximum atomic E-state index is 13.8. The van der Waals surface area contributed by atoms with Gasteiger partial charge in [0.25, 0.3) is 5.91 Å². The number of carbonyl (C=O) groups excluding carboxylic acids is 1. The van der Waals surface area contributed by atoms with Crippen LogP contribution in [0.1, 0.15) is 53.8 Å². The average molecular weight is 447 g/mol. The zero-order valence-electron chi connectivity index (χ0n) is 15.3. The van der Waals surface area contributed by atoms with E-state index in [9.17, 15) is 18.0 Å². The van der Waals surface area contributed by atoms with Crippen molar-refractivity contribution in [2.24, 2.45) is 0 Å². The highest BCUT2D eigenvalue weighted by atomic mass is 35.5. The van der Waals surface area contributed by atoms with E-state index < -0.39 is 18.3 Å². The van der Waals surface area contributed by atoms with E-state index in [2.05, 4.69) is 10.4 Å². The van der Waals surface area contributed by atoms with Crippen LogP contribution in [-0.2, 0) is 0 Å². The largest absolute Gasteiger partial charge is 0.410 e. The zero-order chi connectivity index (χ0) is 20.8. The van der Waals surface area contributed by atoms with E-state index in [1.54, 1.807) is 23.1 Å². The molecular weight excluding hydrogens is 428 g/mol. The number of likely N-dealkylation sites (tertiary alicyclic amines) is 1. The number of fused-ring (bicyclic) bond motifs is 1. The molecule has 1 aromatic carbocycles. The maximum absolute atomic E-state index is 13.8. The number of carbonyl (C=O) groups is 1. The van der Waals surface area contributed by atoms with Crippen LogP contribution >= 0.6 is 23.2 Å². The lowest BCUT2D eigenvalue weighted by Crippen LogP contribution is -2.37. The molecule has 1 fully saturated rings. The fourth-order valence-electron chi connectivity index (χ4n) is 3.88. The standard InChI is InChI=1S/C19H19Cl2F3N4O/c20-12-5-4-11(8-13(12)21)14-9-16(19(22,23)24)28-17(25-14)10-15(26-28)18(29)27-6-2-1-3-7-27/h4-5,8,10,14,16,25H,1-3,6-7,9H2/t14-,16+/m1/s1.